The second-order valence-electron chi connectivity index (χ2n) is 4.05. The zero-order valence-corrected chi connectivity index (χ0v) is 10.8. The van der Waals surface area contributed by atoms with Crippen LogP contribution in [0.2, 0.25) is 0 Å². The highest BCUT2D eigenvalue weighted by Crippen LogP contribution is 2.21. The van der Waals surface area contributed by atoms with Crippen molar-refractivity contribution in [1.29, 1.82) is 0 Å². The molecule has 0 saturated heterocycles. The van der Waals surface area contributed by atoms with E-state index in [0.29, 0.717) is 17.1 Å². The van der Waals surface area contributed by atoms with Crippen molar-refractivity contribution in [3.63, 3.8) is 0 Å². The summed E-state index contributed by atoms with van der Waals surface area (Å²) in [5.74, 6) is -0.0903. The van der Waals surface area contributed by atoms with Crippen molar-refractivity contribution in [3.8, 4) is 5.75 Å². The van der Waals surface area contributed by atoms with E-state index in [0.717, 1.165) is 0 Å². The minimum atomic E-state index is -0.554. The monoisotopic (exact) mass is 275 g/mol. The standard InChI is InChI=1S/C14H14FN3O2/c1-20-11-6-7-12(15)13(8-11)18-14(19)17-10-4-2-9(16)3-5-10/h2-8H,16H2,1H3,(H2,17,18,19). The van der Waals surface area contributed by atoms with Crippen molar-refractivity contribution >= 4 is 23.1 Å². The minimum Gasteiger partial charge on any atom is -0.497 e. The molecule has 104 valence electrons. The van der Waals surface area contributed by atoms with E-state index >= 15 is 0 Å². The Bertz CT molecular complexity index is 614. The molecule has 6 heteroatoms. The molecule has 2 rings (SSSR count). The molecule has 4 N–H and O–H groups in total. The zero-order valence-electron chi connectivity index (χ0n) is 10.8. The Labute approximate surface area is 115 Å². The average molecular weight is 275 g/mol. The highest BCUT2D eigenvalue weighted by molar-refractivity contribution is 6.00. The third-order valence-corrected chi connectivity index (χ3v) is 2.59. The number of rotatable bonds is 3. The summed E-state index contributed by atoms with van der Waals surface area (Å²) in [5, 5.41) is 4.98. The maximum absolute atomic E-state index is 13.5. The molecule has 0 aliphatic carbocycles. The number of methoxy groups -OCH3 is 1. The molecular formula is C14H14FN3O2. The van der Waals surface area contributed by atoms with E-state index in [1.54, 1.807) is 24.3 Å². The number of halogens is 1. The summed E-state index contributed by atoms with van der Waals surface area (Å²) in [4.78, 5) is 11.8. The molecule has 0 spiro atoms. The Balaban J connectivity index is 2.06. The Morgan fingerprint density at radius 3 is 2.50 bits per heavy atom. The molecular weight excluding hydrogens is 261 g/mol. The number of benzene rings is 2. The van der Waals surface area contributed by atoms with Crippen molar-refractivity contribution in [2.24, 2.45) is 0 Å². The summed E-state index contributed by atoms with van der Waals surface area (Å²) >= 11 is 0. The molecule has 0 radical (unpaired) electrons. The van der Waals surface area contributed by atoms with Crippen LogP contribution >= 0.6 is 0 Å². The second-order valence-corrected chi connectivity index (χ2v) is 4.05. The van der Waals surface area contributed by atoms with Crippen LogP contribution in [-0.4, -0.2) is 13.1 Å². The first-order chi connectivity index (χ1) is 9.58. The van der Waals surface area contributed by atoms with Gasteiger partial charge < -0.3 is 21.1 Å². The van der Waals surface area contributed by atoms with Gasteiger partial charge in [0.15, 0.2) is 0 Å². The van der Waals surface area contributed by atoms with Crippen LogP contribution in [0.4, 0.5) is 26.2 Å². The third kappa shape index (κ3) is 3.38. The zero-order chi connectivity index (χ0) is 14.5. The Morgan fingerprint density at radius 2 is 1.85 bits per heavy atom. The molecule has 0 unspecified atom stereocenters. The number of ether oxygens (including phenoxy) is 1. The number of amides is 2. The van der Waals surface area contributed by atoms with Crippen molar-refractivity contribution in [2.45, 2.75) is 0 Å². The van der Waals surface area contributed by atoms with Gasteiger partial charge in [-0.05, 0) is 36.4 Å². The van der Waals surface area contributed by atoms with Crippen LogP contribution < -0.4 is 21.1 Å². The largest absolute Gasteiger partial charge is 0.497 e. The smallest absolute Gasteiger partial charge is 0.323 e. The van der Waals surface area contributed by atoms with Crippen LogP contribution in [0.5, 0.6) is 5.75 Å². The van der Waals surface area contributed by atoms with E-state index in [1.165, 1.54) is 25.3 Å². The molecule has 2 amide bonds. The topological polar surface area (TPSA) is 76.4 Å². The van der Waals surface area contributed by atoms with Gasteiger partial charge in [-0.2, -0.15) is 0 Å². The molecule has 20 heavy (non-hydrogen) atoms. The highest BCUT2D eigenvalue weighted by atomic mass is 19.1. The Hall–Kier alpha value is -2.76. The van der Waals surface area contributed by atoms with Crippen LogP contribution in [-0.2, 0) is 0 Å². The van der Waals surface area contributed by atoms with Gasteiger partial charge in [0.25, 0.3) is 0 Å². The molecule has 0 fully saturated rings. The maximum Gasteiger partial charge on any atom is 0.323 e. The molecule has 0 atom stereocenters. The van der Waals surface area contributed by atoms with E-state index in [9.17, 15) is 9.18 Å². The van der Waals surface area contributed by atoms with Gasteiger partial charge in [0.1, 0.15) is 11.6 Å². The Morgan fingerprint density at radius 1 is 1.15 bits per heavy atom. The number of hydrogen-bond donors (Lipinski definition) is 3. The lowest BCUT2D eigenvalue weighted by molar-refractivity contribution is 0.262. The molecule has 0 aromatic heterocycles. The number of nitrogens with one attached hydrogen (secondary N) is 2. The highest BCUT2D eigenvalue weighted by Gasteiger charge is 2.08. The lowest BCUT2D eigenvalue weighted by atomic mass is 10.3. The molecule has 0 aliphatic rings. The quantitative estimate of drug-likeness (QED) is 0.753. The number of urea groups is 1. The van der Waals surface area contributed by atoms with Crippen LogP contribution in [0.25, 0.3) is 0 Å². The predicted molar refractivity (Wildman–Crippen MR) is 76.4 cm³/mol. The van der Waals surface area contributed by atoms with E-state index in [-0.39, 0.29) is 5.69 Å². The molecule has 2 aromatic rings. The van der Waals surface area contributed by atoms with Crippen molar-refractivity contribution in [1.82, 2.24) is 0 Å². The van der Waals surface area contributed by atoms with Crippen LogP contribution in [0.3, 0.4) is 0 Å². The lowest BCUT2D eigenvalue weighted by Crippen LogP contribution is -2.20. The molecule has 0 bridgehead atoms. The normalized spacial score (nSPS) is 9.90. The summed E-state index contributed by atoms with van der Waals surface area (Å²) < 4.78 is 18.5. The second kappa shape index (κ2) is 5.92. The number of nitrogen functional groups attached to an aromatic ring is 1. The number of hydrogen-bond acceptors (Lipinski definition) is 3. The van der Waals surface area contributed by atoms with E-state index in [1.807, 2.05) is 0 Å². The summed E-state index contributed by atoms with van der Waals surface area (Å²) in [6.45, 7) is 0. The van der Waals surface area contributed by atoms with Crippen molar-refractivity contribution in [3.05, 3.63) is 48.3 Å². The van der Waals surface area contributed by atoms with Gasteiger partial charge in [-0.15, -0.1) is 0 Å². The van der Waals surface area contributed by atoms with Crippen molar-refractivity contribution < 1.29 is 13.9 Å². The number of carbonyl (C=O) groups excluding carboxylic acids is 1. The summed E-state index contributed by atoms with van der Waals surface area (Å²) in [5.41, 5.74) is 6.73. The fourth-order valence-electron chi connectivity index (χ4n) is 1.58. The van der Waals surface area contributed by atoms with Crippen LogP contribution in [0, 0.1) is 5.82 Å². The fourth-order valence-corrected chi connectivity index (χ4v) is 1.58. The number of nitrogens with two attached hydrogens (primary N) is 1. The van der Waals surface area contributed by atoms with Gasteiger partial charge in [-0.25, -0.2) is 9.18 Å². The first kappa shape index (κ1) is 13.7. The summed E-state index contributed by atoms with van der Waals surface area (Å²) in [6, 6.07) is 10.1. The van der Waals surface area contributed by atoms with Crippen LogP contribution in [0.15, 0.2) is 42.5 Å². The molecule has 5 nitrogen and oxygen atoms in total. The Kier molecular flexibility index (Phi) is 4.05. The molecule has 0 saturated carbocycles. The van der Waals surface area contributed by atoms with Gasteiger partial charge in [-0.3, -0.25) is 0 Å². The molecule has 2 aromatic carbocycles. The lowest BCUT2D eigenvalue weighted by Gasteiger charge is -2.10. The maximum atomic E-state index is 13.5. The van der Waals surface area contributed by atoms with Gasteiger partial charge in [-0.1, -0.05) is 0 Å². The van der Waals surface area contributed by atoms with Gasteiger partial charge in [0.2, 0.25) is 0 Å². The molecule has 0 heterocycles. The SMILES string of the molecule is COc1ccc(F)c(NC(=O)Nc2ccc(N)cc2)c1. The number of anilines is 3. The van der Waals surface area contributed by atoms with Gasteiger partial charge in [0, 0.05) is 17.4 Å². The minimum absolute atomic E-state index is 0.0392. The van der Waals surface area contributed by atoms with E-state index in [4.69, 9.17) is 10.5 Å². The van der Waals surface area contributed by atoms with Gasteiger partial charge >= 0.3 is 6.03 Å². The first-order valence-corrected chi connectivity index (χ1v) is 5.85. The molecule has 0 aliphatic heterocycles. The van der Waals surface area contributed by atoms with Crippen LogP contribution in [0.1, 0.15) is 0 Å². The van der Waals surface area contributed by atoms with Gasteiger partial charge in [0.05, 0.1) is 12.8 Å². The average Bonchev–Trinajstić information content (AvgIpc) is 2.44. The predicted octanol–water partition coefficient (Wildman–Crippen LogP) is 3.06. The van der Waals surface area contributed by atoms with E-state index < -0.39 is 11.8 Å². The summed E-state index contributed by atoms with van der Waals surface area (Å²) in [6.07, 6.45) is 0. The summed E-state index contributed by atoms with van der Waals surface area (Å²) in [7, 11) is 1.46. The fraction of sp³-hybridized carbons (Fsp3) is 0.0714. The first-order valence-electron chi connectivity index (χ1n) is 5.85. The number of carbonyl (C=O) groups is 1. The third-order valence-electron chi connectivity index (χ3n) is 2.59. The van der Waals surface area contributed by atoms with E-state index in [2.05, 4.69) is 10.6 Å². The van der Waals surface area contributed by atoms with Crippen molar-refractivity contribution in [2.75, 3.05) is 23.5 Å².